The van der Waals surface area contributed by atoms with Gasteiger partial charge in [0.05, 0.1) is 10.2 Å². The average Bonchev–Trinajstić information content (AvgIpc) is 2.35. The number of hydrogen-bond acceptors (Lipinski definition) is 4. The molecule has 20 heavy (non-hydrogen) atoms. The molecule has 0 saturated heterocycles. The van der Waals surface area contributed by atoms with Crippen LogP contribution in [0.5, 0.6) is 5.75 Å². The van der Waals surface area contributed by atoms with Crippen molar-refractivity contribution in [3.63, 3.8) is 0 Å². The van der Waals surface area contributed by atoms with Crippen LogP contribution in [0.15, 0.2) is 22.7 Å². The highest BCUT2D eigenvalue weighted by atomic mass is 127. The third-order valence-electron chi connectivity index (χ3n) is 2.08. The summed E-state index contributed by atoms with van der Waals surface area (Å²) >= 11 is 5.37. The number of rotatable bonds is 6. The van der Waals surface area contributed by atoms with E-state index in [2.05, 4.69) is 15.9 Å². The lowest BCUT2D eigenvalue weighted by Crippen LogP contribution is -2.15. The molecule has 108 valence electrons. The minimum atomic E-state index is -1.06. The maximum Gasteiger partial charge on any atom is 0.344 e. The Balaban J connectivity index is 2.98. The van der Waals surface area contributed by atoms with Crippen LogP contribution in [0.1, 0.15) is 12.5 Å². The van der Waals surface area contributed by atoms with E-state index in [1.165, 1.54) is 6.08 Å². The number of esters is 1. The Kier molecular flexibility index (Phi) is 7.00. The fourth-order valence-corrected chi connectivity index (χ4v) is 3.06. The van der Waals surface area contributed by atoms with E-state index in [0.717, 1.165) is 14.1 Å². The van der Waals surface area contributed by atoms with Crippen LogP contribution >= 0.6 is 38.5 Å². The number of aliphatic carboxylic acids is 1. The zero-order valence-corrected chi connectivity index (χ0v) is 14.3. The van der Waals surface area contributed by atoms with Gasteiger partial charge in [-0.3, -0.25) is 0 Å². The quantitative estimate of drug-likeness (QED) is 0.406. The van der Waals surface area contributed by atoms with Crippen molar-refractivity contribution >= 4 is 56.5 Å². The molecule has 0 fully saturated rings. The van der Waals surface area contributed by atoms with Gasteiger partial charge >= 0.3 is 11.9 Å². The Morgan fingerprint density at radius 2 is 2.15 bits per heavy atom. The van der Waals surface area contributed by atoms with E-state index in [1.54, 1.807) is 19.1 Å². The molecule has 0 atom stereocenters. The minimum absolute atomic E-state index is 0.223. The van der Waals surface area contributed by atoms with Gasteiger partial charge in [0.15, 0.2) is 6.61 Å². The van der Waals surface area contributed by atoms with E-state index in [-0.39, 0.29) is 13.2 Å². The Bertz CT molecular complexity index is 542. The first-order chi connectivity index (χ1) is 9.43. The SMILES string of the molecule is CCOC(=O)COc1c(I)cc(Br)cc1/C=C/C(=O)O. The van der Waals surface area contributed by atoms with Crippen molar-refractivity contribution in [1.82, 2.24) is 0 Å². The monoisotopic (exact) mass is 454 g/mol. The van der Waals surface area contributed by atoms with Gasteiger partial charge < -0.3 is 14.6 Å². The molecule has 0 heterocycles. The van der Waals surface area contributed by atoms with Crippen LogP contribution in [0.4, 0.5) is 0 Å². The Morgan fingerprint density at radius 1 is 1.45 bits per heavy atom. The summed E-state index contributed by atoms with van der Waals surface area (Å²) in [6.45, 7) is 1.77. The molecule has 0 radical (unpaired) electrons. The molecule has 0 aliphatic heterocycles. The second kappa shape index (κ2) is 8.25. The number of ether oxygens (including phenoxy) is 2. The van der Waals surface area contributed by atoms with Gasteiger partial charge in [-0.1, -0.05) is 15.9 Å². The summed E-state index contributed by atoms with van der Waals surface area (Å²) in [4.78, 5) is 21.9. The van der Waals surface area contributed by atoms with Gasteiger partial charge in [0, 0.05) is 16.1 Å². The largest absolute Gasteiger partial charge is 0.480 e. The molecule has 0 aromatic heterocycles. The number of carboxylic acids is 1. The lowest BCUT2D eigenvalue weighted by Gasteiger charge is -2.11. The van der Waals surface area contributed by atoms with E-state index in [1.807, 2.05) is 22.6 Å². The van der Waals surface area contributed by atoms with Crippen LogP contribution in [0.25, 0.3) is 6.08 Å². The van der Waals surface area contributed by atoms with Crippen LogP contribution in [-0.4, -0.2) is 30.3 Å². The summed E-state index contributed by atoms with van der Waals surface area (Å²) in [6, 6.07) is 3.52. The van der Waals surface area contributed by atoms with E-state index >= 15 is 0 Å². The van der Waals surface area contributed by atoms with Gasteiger partial charge in [0.2, 0.25) is 0 Å². The van der Waals surface area contributed by atoms with E-state index < -0.39 is 11.9 Å². The molecule has 1 rings (SSSR count). The molecular weight excluding hydrogens is 443 g/mol. The Hall–Kier alpha value is -1.09. The molecule has 0 aliphatic carbocycles. The number of carboxylic acid groups (broad SMARTS) is 1. The van der Waals surface area contributed by atoms with Crippen molar-refractivity contribution in [2.45, 2.75) is 6.92 Å². The summed E-state index contributed by atoms with van der Waals surface area (Å²) in [5, 5.41) is 8.68. The van der Waals surface area contributed by atoms with Gasteiger partial charge in [-0.2, -0.15) is 0 Å². The summed E-state index contributed by atoms with van der Waals surface area (Å²) in [5.74, 6) is -1.09. The molecular formula is C13H12BrIO5. The fraction of sp³-hybridized carbons (Fsp3) is 0.231. The van der Waals surface area contributed by atoms with Crippen molar-refractivity contribution in [1.29, 1.82) is 0 Å². The van der Waals surface area contributed by atoms with Crippen LogP contribution in [0.2, 0.25) is 0 Å². The fourth-order valence-electron chi connectivity index (χ4n) is 1.35. The van der Waals surface area contributed by atoms with Gasteiger partial charge in [-0.05, 0) is 47.7 Å². The lowest BCUT2D eigenvalue weighted by atomic mass is 10.2. The molecule has 0 aliphatic rings. The predicted octanol–water partition coefficient (Wildman–Crippen LogP) is 3.09. The molecule has 1 aromatic carbocycles. The summed E-state index contributed by atoms with van der Waals surface area (Å²) in [5.41, 5.74) is 0.565. The zero-order valence-electron chi connectivity index (χ0n) is 10.6. The molecule has 7 heteroatoms. The van der Waals surface area contributed by atoms with E-state index in [9.17, 15) is 9.59 Å². The van der Waals surface area contributed by atoms with Crippen molar-refractivity contribution in [2.75, 3.05) is 13.2 Å². The molecule has 0 unspecified atom stereocenters. The van der Waals surface area contributed by atoms with Crippen molar-refractivity contribution in [3.05, 3.63) is 31.8 Å². The first kappa shape index (κ1) is 17.0. The minimum Gasteiger partial charge on any atom is -0.480 e. The maximum absolute atomic E-state index is 11.3. The van der Waals surface area contributed by atoms with Crippen molar-refractivity contribution < 1.29 is 24.2 Å². The molecule has 0 spiro atoms. The van der Waals surface area contributed by atoms with Gasteiger partial charge in [-0.15, -0.1) is 0 Å². The highest BCUT2D eigenvalue weighted by molar-refractivity contribution is 14.1. The van der Waals surface area contributed by atoms with E-state index in [0.29, 0.717) is 11.3 Å². The van der Waals surface area contributed by atoms with Crippen molar-refractivity contribution in [2.24, 2.45) is 0 Å². The molecule has 0 bridgehead atoms. The van der Waals surface area contributed by atoms with Gasteiger partial charge in [0.1, 0.15) is 5.75 Å². The number of benzene rings is 1. The standard InChI is InChI=1S/C13H12BrIO5/c1-2-19-12(18)7-20-13-8(3-4-11(16)17)5-9(14)6-10(13)15/h3-6H,2,7H2,1H3,(H,16,17)/b4-3+. The third kappa shape index (κ3) is 5.49. The highest BCUT2D eigenvalue weighted by Gasteiger charge is 2.11. The second-order valence-corrected chi connectivity index (χ2v) is 5.65. The Labute approximate surface area is 138 Å². The zero-order chi connectivity index (χ0) is 15.1. The first-order valence-electron chi connectivity index (χ1n) is 5.62. The topological polar surface area (TPSA) is 72.8 Å². The highest BCUT2D eigenvalue weighted by Crippen LogP contribution is 2.31. The lowest BCUT2D eigenvalue weighted by molar-refractivity contribution is -0.145. The molecule has 1 aromatic rings. The van der Waals surface area contributed by atoms with E-state index in [4.69, 9.17) is 14.6 Å². The summed E-state index contributed by atoms with van der Waals surface area (Å²) in [7, 11) is 0. The van der Waals surface area contributed by atoms with Gasteiger partial charge in [0.25, 0.3) is 0 Å². The smallest absolute Gasteiger partial charge is 0.344 e. The Morgan fingerprint density at radius 3 is 2.75 bits per heavy atom. The normalized spacial score (nSPS) is 10.6. The molecule has 0 amide bonds. The maximum atomic E-state index is 11.3. The van der Waals surface area contributed by atoms with Crippen LogP contribution in [0.3, 0.4) is 0 Å². The van der Waals surface area contributed by atoms with Crippen LogP contribution in [0, 0.1) is 3.57 Å². The van der Waals surface area contributed by atoms with Crippen LogP contribution in [-0.2, 0) is 14.3 Å². The van der Waals surface area contributed by atoms with Crippen molar-refractivity contribution in [3.8, 4) is 5.75 Å². The van der Waals surface area contributed by atoms with Crippen LogP contribution < -0.4 is 4.74 Å². The number of hydrogen-bond donors (Lipinski definition) is 1. The predicted molar refractivity (Wildman–Crippen MR) is 85.7 cm³/mol. The average molecular weight is 455 g/mol. The molecule has 5 nitrogen and oxygen atoms in total. The number of carbonyl (C=O) groups is 2. The molecule has 0 saturated carbocycles. The summed E-state index contributed by atoms with van der Waals surface area (Å²) < 4.78 is 11.7. The summed E-state index contributed by atoms with van der Waals surface area (Å²) in [6.07, 6.45) is 2.42. The third-order valence-corrected chi connectivity index (χ3v) is 3.34. The molecule has 1 N–H and O–H groups in total. The second-order valence-electron chi connectivity index (χ2n) is 3.57. The van der Waals surface area contributed by atoms with Gasteiger partial charge in [-0.25, -0.2) is 9.59 Å². The first-order valence-corrected chi connectivity index (χ1v) is 7.49. The number of carbonyl (C=O) groups excluding carboxylic acids is 1. The number of halogens is 2.